The highest BCUT2D eigenvalue weighted by Gasteiger charge is 2.58. The van der Waals surface area contributed by atoms with Crippen LogP contribution in [0.3, 0.4) is 0 Å². The molecule has 2 aromatic rings. The average Bonchev–Trinajstić information content (AvgIpc) is 2.51. The molecule has 2 fully saturated rings. The molecule has 1 aromatic heterocycles. The van der Waals surface area contributed by atoms with Crippen LogP contribution in [0, 0.1) is 11.3 Å². The number of piperidine rings is 1. The summed E-state index contributed by atoms with van der Waals surface area (Å²) in [6.45, 7) is 0.838. The summed E-state index contributed by atoms with van der Waals surface area (Å²) in [7, 11) is 0. The minimum Gasteiger partial charge on any atom is -0.355 e. The lowest BCUT2D eigenvalue weighted by atomic mass is 9.58. The Bertz CT molecular complexity index is 719. The molecule has 1 aliphatic heterocycles. The van der Waals surface area contributed by atoms with E-state index in [1.54, 1.807) is 0 Å². The van der Waals surface area contributed by atoms with Gasteiger partial charge in [0.2, 0.25) is 0 Å². The lowest BCUT2D eigenvalue weighted by Crippen LogP contribution is -2.56. The van der Waals surface area contributed by atoms with E-state index in [0.717, 1.165) is 23.1 Å². The third kappa shape index (κ3) is 2.35. The Labute approximate surface area is 132 Å². The van der Waals surface area contributed by atoms with Crippen molar-refractivity contribution in [2.24, 2.45) is 11.3 Å². The first-order chi connectivity index (χ1) is 11.0. The van der Waals surface area contributed by atoms with Crippen molar-refractivity contribution in [1.82, 2.24) is 9.97 Å². The second-order valence-electron chi connectivity index (χ2n) is 6.73. The van der Waals surface area contributed by atoms with Crippen LogP contribution in [0.1, 0.15) is 25.7 Å². The lowest BCUT2D eigenvalue weighted by Gasteiger charge is -2.54. The minimum absolute atomic E-state index is 0.155. The summed E-state index contributed by atoms with van der Waals surface area (Å²) in [5.74, 6) is -0.407. The van der Waals surface area contributed by atoms with Crippen molar-refractivity contribution in [2.75, 3.05) is 18.0 Å². The Morgan fingerprint density at radius 2 is 1.91 bits per heavy atom. The van der Waals surface area contributed by atoms with Crippen molar-refractivity contribution in [2.45, 2.75) is 31.9 Å². The third-order valence-corrected chi connectivity index (χ3v) is 5.50. The molecule has 122 valence electrons. The maximum atomic E-state index is 13.4. The SMILES string of the molecule is FC(F)(F)C1CCN(c2ncnc3ccccc23)CC12CCC2. The van der Waals surface area contributed by atoms with Gasteiger partial charge in [0.05, 0.1) is 11.4 Å². The van der Waals surface area contributed by atoms with Crippen molar-refractivity contribution in [3.05, 3.63) is 30.6 Å². The summed E-state index contributed by atoms with van der Waals surface area (Å²) in [6, 6.07) is 7.66. The number of rotatable bonds is 1. The second-order valence-corrected chi connectivity index (χ2v) is 6.73. The van der Waals surface area contributed by atoms with Gasteiger partial charge < -0.3 is 4.90 Å². The van der Waals surface area contributed by atoms with E-state index in [1.807, 2.05) is 29.2 Å². The summed E-state index contributed by atoms with van der Waals surface area (Å²) in [5.41, 5.74) is 0.209. The molecule has 1 atom stereocenters. The van der Waals surface area contributed by atoms with Gasteiger partial charge in [0.1, 0.15) is 12.1 Å². The molecule has 0 amide bonds. The summed E-state index contributed by atoms with van der Waals surface area (Å²) in [5, 5.41) is 0.912. The number of halogens is 3. The van der Waals surface area contributed by atoms with Gasteiger partial charge in [-0.15, -0.1) is 0 Å². The molecule has 1 aromatic carbocycles. The van der Waals surface area contributed by atoms with Crippen molar-refractivity contribution >= 4 is 16.7 Å². The van der Waals surface area contributed by atoms with Crippen LogP contribution in [0.5, 0.6) is 0 Å². The molecule has 1 aliphatic carbocycles. The van der Waals surface area contributed by atoms with E-state index in [0.29, 0.717) is 25.9 Å². The number of benzene rings is 1. The Balaban J connectivity index is 1.69. The van der Waals surface area contributed by atoms with E-state index >= 15 is 0 Å². The van der Waals surface area contributed by atoms with E-state index in [1.165, 1.54) is 6.33 Å². The van der Waals surface area contributed by atoms with Crippen molar-refractivity contribution in [3.8, 4) is 0 Å². The molecule has 1 spiro atoms. The van der Waals surface area contributed by atoms with Crippen LogP contribution in [0.25, 0.3) is 10.9 Å². The lowest BCUT2D eigenvalue weighted by molar-refractivity contribution is -0.225. The number of alkyl halides is 3. The van der Waals surface area contributed by atoms with Gasteiger partial charge in [-0.1, -0.05) is 18.6 Å². The Morgan fingerprint density at radius 1 is 1.13 bits per heavy atom. The smallest absolute Gasteiger partial charge is 0.355 e. The first-order valence-electron chi connectivity index (χ1n) is 8.01. The molecule has 0 bridgehead atoms. The molecule has 23 heavy (non-hydrogen) atoms. The van der Waals surface area contributed by atoms with Crippen LogP contribution < -0.4 is 4.90 Å². The standard InChI is InChI=1S/C17H18F3N3/c18-17(19,20)14-6-9-23(10-16(14)7-3-8-16)15-12-4-1-2-5-13(12)21-11-22-15/h1-2,4-5,11,14H,3,6-10H2. The largest absolute Gasteiger partial charge is 0.392 e. The van der Waals surface area contributed by atoms with Gasteiger partial charge in [0.15, 0.2) is 0 Å². The van der Waals surface area contributed by atoms with Gasteiger partial charge in [0, 0.05) is 18.5 Å². The van der Waals surface area contributed by atoms with Gasteiger partial charge in [-0.25, -0.2) is 9.97 Å². The highest BCUT2D eigenvalue weighted by Crippen LogP contribution is 2.56. The molecule has 3 nitrogen and oxygen atoms in total. The van der Waals surface area contributed by atoms with Crippen LogP contribution in [0.4, 0.5) is 19.0 Å². The fourth-order valence-corrected chi connectivity index (χ4v) is 4.23. The van der Waals surface area contributed by atoms with Gasteiger partial charge in [-0.2, -0.15) is 13.2 Å². The summed E-state index contributed by atoms with van der Waals surface area (Å²) >= 11 is 0. The molecular weight excluding hydrogens is 303 g/mol. The zero-order chi connectivity index (χ0) is 16.1. The molecule has 1 unspecified atom stereocenters. The predicted octanol–water partition coefficient (Wildman–Crippen LogP) is 4.19. The van der Waals surface area contributed by atoms with Crippen molar-refractivity contribution in [3.63, 3.8) is 0 Å². The van der Waals surface area contributed by atoms with Crippen LogP contribution >= 0.6 is 0 Å². The van der Waals surface area contributed by atoms with Crippen LogP contribution in [-0.4, -0.2) is 29.2 Å². The van der Waals surface area contributed by atoms with Crippen LogP contribution in [0.15, 0.2) is 30.6 Å². The summed E-state index contributed by atoms with van der Waals surface area (Å²) in [4.78, 5) is 10.7. The quantitative estimate of drug-likeness (QED) is 0.789. The third-order valence-electron chi connectivity index (χ3n) is 5.50. The molecule has 0 N–H and O–H groups in total. The molecule has 1 saturated carbocycles. The molecule has 4 rings (SSSR count). The Morgan fingerprint density at radius 3 is 2.61 bits per heavy atom. The number of nitrogens with zero attached hydrogens (tertiary/aromatic N) is 3. The highest BCUT2D eigenvalue weighted by molar-refractivity contribution is 5.89. The maximum absolute atomic E-state index is 13.4. The zero-order valence-corrected chi connectivity index (χ0v) is 12.7. The number of fused-ring (bicyclic) bond motifs is 1. The monoisotopic (exact) mass is 321 g/mol. The number of hydrogen-bond acceptors (Lipinski definition) is 3. The highest BCUT2D eigenvalue weighted by atomic mass is 19.4. The molecule has 0 radical (unpaired) electrons. The first-order valence-corrected chi connectivity index (χ1v) is 8.01. The first kappa shape index (κ1) is 14.7. The van der Waals surface area contributed by atoms with Gasteiger partial charge in [0.25, 0.3) is 0 Å². The predicted molar refractivity (Wildman–Crippen MR) is 82.2 cm³/mol. The van der Waals surface area contributed by atoms with Gasteiger partial charge in [-0.3, -0.25) is 0 Å². The molecular formula is C17H18F3N3. The number of anilines is 1. The average molecular weight is 321 g/mol. The number of para-hydroxylation sites is 1. The zero-order valence-electron chi connectivity index (χ0n) is 12.7. The Kier molecular flexibility index (Phi) is 3.25. The second kappa shape index (κ2) is 5.08. The summed E-state index contributed by atoms with van der Waals surface area (Å²) < 4.78 is 40.2. The number of hydrogen-bond donors (Lipinski definition) is 0. The Hall–Kier alpha value is -1.85. The van der Waals surface area contributed by atoms with Gasteiger partial charge in [-0.05, 0) is 36.8 Å². The fourth-order valence-electron chi connectivity index (χ4n) is 4.23. The molecule has 2 heterocycles. The molecule has 1 saturated heterocycles. The minimum atomic E-state index is -4.10. The van der Waals surface area contributed by atoms with Crippen molar-refractivity contribution < 1.29 is 13.2 Å². The maximum Gasteiger partial charge on any atom is 0.392 e. The van der Waals surface area contributed by atoms with Crippen LogP contribution in [0.2, 0.25) is 0 Å². The van der Waals surface area contributed by atoms with E-state index in [9.17, 15) is 13.2 Å². The molecule has 2 aliphatic rings. The van der Waals surface area contributed by atoms with Crippen LogP contribution in [-0.2, 0) is 0 Å². The molecule has 6 heteroatoms. The van der Waals surface area contributed by atoms with Gasteiger partial charge >= 0.3 is 6.18 Å². The number of aromatic nitrogens is 2. The van der Waals surface area contributed by atoms with E-state index in [-0.39, 0.29) is 6.42 Å². The van der Waals surface area contributed by atoms with E-state index < -0.39 is 17.5 Å². The van der Waals surface area contributed by atoms with E-state index in [4.69, 9.17) is 0 Å². The van der Waals surface area contributed by atoms with E-state index in [2.05, 4.69) is 9.97 Å². The normalized spacial score (nSPS) is 24.0. The summed E-state index contributed by atoms with van der Waals surface area (Å²) in [6.07, 6.45) is -0.221. The van der Waals surface area contributed by atoms with Crippen molar-refractivity contribution in [1.29, 1.82) is 0 Å². The topological polar surface area (TPSA) is 29.0 Å². The fraction of sp³-hybridized carbons (Fsp3) is 0.529.